The highest BCUT2D eigenvalue weighted by atomic mass is 16.5. The summed E-state index contributed by atoms with van der Waals surface area (Å²) in [6.07, 6.45) is 4.36. The molecule has 128 valence electrons. The van der Waals surface area contributed by atoms with Crippen LogP contribution in [0, 0.1) is 0 Å². The minimum absolute atomic E-state index is 0.393. The van der Waals surface area contributed by atoms with E-state index in [1.165, 1.54) is 31.5 Å². The maximum atomic E-state index is 5.90. The fourth-order valence-corrected chi connectivity index (χ4v) is 4.02. The SMILES string of the molecule is COc1ccc(N2CCCN(C3C[C@@H](C)O[C@H](C)C3)CC2)cc1. The van der Waals surface area contributed by atoms with Crippen molar-refractivity contribution in [3.05, 3.63) is 24.3 Å². The molecule has 3 rings (SSSR count). The Balaban J connectivity index is 1.60. The van der Waals surface area contributed by atoms with Crippen molar-refractivity contribution in [2.45, 2.75) is 51.4 Å². The van der Waals surface area contributed by atoms with Gasteiger partial charge >= 0.3 is 0 Å². The van der Waals surface area contributed by atoms with Gasteiger partial charge in [0.2, 0.25) is 0 Å². The second-order valence-corrected chi connectivity index (χ2v) is 6.96. The molecule has 4 nitrogen and oxygen atoms in total. The molecule has 0 amide bonds. The van der Waals surface area contributed by atoms with Crippen molar-refractivity contribution in [2.75, 3.05) is 38.2 Å². The Kier molecular flexibility index (Phi) is 5.44. The summed E-state index contributed by atoms with van der Waals surface area (Å²) in [5, 5.41) is 0. The molecule has 4 heteroatoms. The van der Waals surface area contributed by atoms with Crippen molar-refractivity contribution < 1.29 is 9.47 Å². The molecule has 23 heavy (non-hydrogen) atoms. The predicted octanol–water partition coefficient (Wildman–Crippen LogP) is 3.16. The largest absolute Gasteiger partial charge is 0.497 e. The van der Waals surface area contributed by atoms with E-state index in [1.54, 1.807) is 7.11 Å². The van der Waals surface area contributed by atoms with E-state index in [-0.39, 0.29) is 0 Å². The van der Waals surface area contributed by atoms with Crippen LogP contribution < -0.4 is 9.64 Å². The molecule has 0 aliphatic carbocycles. The van der Waals surface area contributed by atoms with Crippen molar-refractivity contribution in [1.82, 2.24) is 4.90 Å². The van der Waals surface area contributed by atoms with E-state index in [0.29, 0.717) is 18.2 Å². The molecule has 2 heterocycles. The molecule has 2 aliphatic heterocycles. The summed E-state index contributed by atoms with van der Waals surface area (Å²) in [6, 6.07) is 9.14. The molecule has 1 aromatic carbocycles. The molecule has 2 fully saturated rings. The third kappa shape index (κ3) is 4.18. The first-order valence-corrected chi connectivity index (χ1v) is 8.94. The zero-order chi connectivity index (χ0) is 16.2. The van der Waals surface area contributed by atoms with Crippen LogP contribution in [0.3, 0.4) is 0 Å². The van der Waals surface area contributed by atoms with Crippen molar-refractivity contribution >= 4 is 5.69 Å². The van der Waals surface area contributed by atoms with Crippen LogP contribution in [-0.2, 0) is 4.74 Å². The van der Waals surface area contributed by atoms with Gasteiger partial charge in [0.1, 0.15) is 5.75 Å². The zero-order valence-corrected chi connectivity index (χ0v) is 14.7. The van der Waals surface area contributed by atoms with Gasteiger partial charge in [-0.15, -0.1) is 0 Å². The van der Waals surface area contributed by atoms with Crippen molar-refractivity contribution in [2.24, 2.45) is 0 Å². The van der Waals surface area contributed by atoms with Crippen LogP contribution in [0.2, 0.25) is 0 Å². The summed E-state index contributed by atoms with van der Waals surface area (Å²) in [6.45, 7) is 9.02. The quantitative estimate of drug-likeness (QED) is 0.855. The molecular weight excluding hydrogens is 288 g/mol. The Labute approximate surface area is 140 Å². The Hall–Kier alpha value is -1.26. The van der Waals surface area contributed by atoms with Gasteiger partial charge in [-0.3, -0.25) is 4.90 Å². The highest BCUT2D eigenvalue weighted by Crippen LogP contribution is 2.26. The average molecular weight is 318 g/mol. The molecule has 0 bridgehead atoms. The normalized spacial score (nSPS) is 30.0. The Morgan fingerprint density at radius 2 is 1.65 bits per heavy atom. The van der Waals surface area contributed by atoms with Crippen LogP contribution in [0.15, 0.2) is 24.3 Å². The Bertz CT molecular complexity index is 481. The molecular formula is C19H30N2O2. The van der Waals surface area contributed by atoms with Crippen LogP contribution in [0.5, 0.6) is 5.75 Å². The van der Waals surface area contributed by atoms with E-state index >= 15 is 0 Å². The molecule has 0 radical (unpaired) electrons. The van der Waals surface area contributed by atoms with E-state index in [4.69, 9.17) is 9.47 Å². The minimum atomic E-state index is 0.393. The van der Waals surface area contributed by atoms with E-state index in [0.717, 1.165) is 25.4 Å². The molecule has 0 aromatic heterocycles. The molecule has 0 spiro atoms. The van der Waals surface area contributed by atoms with Crippen LogP contribution >= 0.6 is 0 Å². The maximum Gasteiger partial charge on any atom is 0.119 e. The summed E-state index contributed by atoms with van der Waals surface area (Å²) >= 11 is 0. The van der Waals surface area contributed by atoms with Gasteiger partial charge in [0.15, 0.2) is 0 Å². The number of nitrogens with zero attached hydrogens (tertiary/aromatic N) is 2. The van der Waals surface area contributed by atoms with Gasteiger partial charge in [-0.05, 0) is 57.4 Å². The number of methoxy groups -OCH3 is 1. The van der Waals surface area contributed by atoms with E-state index in [2.05, 4.69) is 47.9 Å². The molecule has 2 atom stereocenters. The first-order valence-electron chi connectivity index (χ1n) is 8.94. The minimum Gasteiger partial charge on any atom is -0.497 e. The van der Waals surface area contributed by atoms with Crippen molar-refractivity contribution in [3.8, 4) is 5.75 Å². The number of rotatable bonds is 3. The van der Waals surface area contributed by atoms with Gasteiger partial charge in [0, 0.05) is 37.9 Å². The predicted molar refractivity (Wildman–Crippen MR) is 94.4 cm³/mol. The summed E-state index contributed by atoms with van der Waals surface area (Å²) < 4.78 is 11.2. The lowest BCUT2D eigenvalue weighted by Gasteiger charge is -2.39. The Morgan fingerprint density at radius 1 is 0.957 bits per heavy atom. The molecule has 2 saturated heterocycles. The van der Waals surface area contributed by atoms with Gasteiger partial charge in [-0.1, -0.05) is 0 Å². The standard InChI is InChI=1S/C19H30N2O2/c1-15-13-18(14-16(2)23-15)21-10-4-9-20(11-12-21)17-5-7-19(22-3)8-6-17/h5-8,15-16,18H,4,9-14H2,1-3H3/t15-,16-/m1/s1. The topological polar surface area (TPSA) is 24.9 Å². The third-order valence-corrected chi connectivity index (χ3v) is 5.16. The first-order chi connectivity index (χ1) is 11.2. The Morgan fingerprint density at radius 3 is 2.30 bits per heavy atom. The number of anilines is 1. The van der Waals surface area contributed by atoms with Gasteiger partial charge in [0.25, 0.3) is 0 Å². The van der Waals surface area contributed by atoms with E-state index in [1.807, 2.05) is 0 Å². The summed E-state index contributed by atoms with van der Waals surface area (Å²) in [5.74, 6) is 0.926. The van der Waals surface area contributed by atoms with Crippen molar-refractivity contribution in [1.29, 1.82) is 0 Å². The lowest BCUT2D eigenvalue weighted by Crippen LogP contribution is -2.45. The molecule has 0 unspecified atom stereocenters. The second kappa shape index (κ2) is 7.54. The monoisotopic (exact) mass is 318 g/mol. The van der Waals surface area contributed by atoms with Gasteiger partial charge in [-0.25, -0.2) is 0 Å². The highest BCUT2D eigenvalue weighted by molar-refractivity contribution is 5.49. The first kappa shape index (κ1) is 16.6. The number of ether oxygens (including phenoxy) is 2. The van der Waals surface area contributed by atoms with Gasteiger partial charge < -0.3 is 14.4 Å². The summed E-state index contributed by atoms with van der Waals surface area (Å²) in [4.78, 5) is 5.20. The van der Waals surface area contributed by atoms with E-state index in [9.17, 15) is 0 Å². The summed E-state index contributed by atoms with van der Waals surface area (Å²) in [5.41, 5.74) is 1.31. The molecule has 2 aliphatic rings. The fraction of sp³-hybridized carbons (Fsp3) is 0.684. The lowest BCUT2D eigenvalue weighted by molar-refractivity contribution is -0.0641. The van der Waals surface area contributed by atoms with Gasteiger partial charge in [-0.2, -0.15) is 0 Å². The zero-order valence-electron chi connectivity index (χ0n) is 14.7. The fourth-order valence-electron chi connectivity index (χ4n) is 4.02. The van der Waals surface area contributed by atoms with Crippen LogP contribution in [0.1, 0.15) is 33.1 Å². The summed E-state index contributed by atoms with van der Waals surface area (Å²) in [7, 11) is 1.72. The maximum absolute atomic E-state index is 5.90. The average Bonchev–Trinajstić information content (AvgIpc) is 2.80. The molecule has 0 saturated carbocycles. The number of hydrogen-bond donors (Lipinski definition) is 0. The lowest BCUT2D eigenvalue weighted by atomic mass is 9.98. The third-order valence-electron chi connectivity index (χ3n) is 5.16. The van der Waals surface area contributed by atoms with Crippen LogP contribution in [0.25, 0.3) is 0 Å². The van der Waals surface area contributed by atoms with Gasteiger partial charge in [0.05, 0.1) is 19.3 Å². The van der Waals surface area contributed by atoms with Crippen LogP contribution in [-0.4, -0.2) is 56.4 Å². The number of benzene rings is 1. The molecule has 0 N–H and O–H groups in total. The van der Waals surface area contributed by atoms with E-state index < -0.39 is 0 Å². The van der Waals surface area contributed by atoms with Crippen LogP contribution in [0.4, 0.5) is 5.69 Å². The highest BCUT2D eigenvalue weighted by Gasteiger charge is 2.29. The second-order valence-electron chi connectivity index (χ2n) is 6.96. The smallest absolute Gasteiger partial charge is 0.119 e. The number of hydrogen-bond acceptors (Lipinski definition) is 4. The molecule has 1 aromatic rings. The van der Waals surface area contributed by atoms with Crippen molar-refractivity contribution in [3.63, 3.8) is 0 Å².